The highest BCUT2D eigenvalue weighted by molar-refractivity contribution is 5.98. The second-order valence-corrected chi connectivity index (χ2v) is 13.7. The Labute approximate surface area is 312 Å². The molecular formula is C49H30N4O. The highest BCUT2D eigenvalue weighted by atomic mass is 16.5. The first kappa shape index (κ1) is 30.4. The van der Waals surface area contributed by atoms with E-state index in [0.29, 0.717) is 17.5 Å². The highest BCUT2D eigenvalue weighted by Crippen LogP contribution is 2.64. The third kappa shape index (κ3) is 4.39. The molecule has 0 N–H and O–H groups in total. The van der Waals surface area contributed by atoms with E-state index in [1.165, 1.54) is 22.3 Å². The Morgan fingerprint density at radius 1 is 0.352 bits per heavy atom. The molecule has 252 valence electrons. The van der Waals surface area contributed by atoms with Crippen molar-refractivity contribution in [2.75, 3.05) is 0 Å². The van der Waals surface area contributed by atoms with Gasteiger partial charge in [0, 0.05) is 39.4 Å². The first-order valence-corrected chi connectivity index (χ1v) is 18.1. The third-order valence-corrected chi connectivity index (χ3v) is 10.9. The molecule has 0 saturated heterocycles. The summed E-state index contributed by atoms with van der Waals surface area (Å²) in [5.41, 5.74) is 11.9. The Balaban J connectivity index is 1.24. The number of benzene rings is 7. The summed E-state index contributed by atoms with van der Waals surface area (Å²) in [5, 5.41) is 1.06. The summed E-state index contributed by atoms with van der Waals surface area (Å²) >= 11 is 0. The number of pyridine rings is 1. The van der Waals surface area contributed by atoms with Gasteiger partial charge in [0.1, 0.15) is 11.5 Å². The second kappa shape index (κ2) is 11.9. The minimum absolute atomic E-state index is 0.546. The number of rotatable bonds is 4. The van der Waals surface area contributed by atoms with Gasteiger partial charge in [-0.3, -0.25) is 4.98 Å². The largest absolute Gasteiger partial charge is 0.455 e. The maximum Gasteiger partial charge on any atom is 0.167 e. The molecule has 0 fully saturated rings. The molecule has 1 spiro atoms. The molecule has 11 rings (SSSR count). The summed E-state index contributed by atoms with van der Waals surface area (Å²) in [6, 6.07) is 61.2. The van der Waals surface area contributed by atoms with Gasteiger partial charge >= 0.3 is 0 Å². The number of para-hydroxylation sites is 2. The SMILES string of the molecule is c1ccc(-c2nc(-c3ccccc3)nc(-c3cccc4c3Oc3c(-c5cccc6ncccc56)cccc3C43c4ccccc4-c4ccccc43)n2)cc1. The molecule has 5 heteroatoms. The predicted molar refractivity (Wildman–Crippen MR) is 214 cm³/mol. The zero-order chi connectivity index (χ0) is 35.6. The van der Waals surface area contributed by atoms with Gasteiger partial charge in [-0.1, -0.05) is 158 Å². The molecule has 54 heavy (non-hydrogen) atoms. The number of aromatic nitrogens is 4. The van der Waals surface area contributed by atoms with E-state index in [-0.39, 0.29) is 0 Å². The van der Waals surface area contributed by atoms with E-state index in [1.54, 1.807) is 0 Å². The molecule has 0 radical (unpaired) electrons. The Morgan fingerprint density at radius 2 is 0.833 bits per heavy atom. The van der Waals surface area contributed by atoms with E-state index in [0.717, 1.165) is 61.3 Å². The average molecular weight is 691 g/mol. The Morgan fingerprint density at radius 3 is 1.48 bits per heavy atom. The van der Waals surface area contributed by atoms with E-state index in [1.807, 2.05) is 72.9 Å². The van der Waals surface area contributed by atoms with Gasteiger partial charge in [0.2, 0.25) is 0 Å². The molecule has 1 aliphatic carbocycles. The van der Waals surface area contributed by atoms with Crippen LogP contribution in [0, 0.1) is 0 Å². The Kier molecular flexibility index (Phi) is 6.70. The van der Waals surface area contributed by atoms with Crippen LogP contribution in [-0.2, 0) is 5.41 Å². The third-order valence-electron chi connectivity index (χ3n) is 10.9. The van der Waals surface area contributed by atoms with Crippen LogP contribution in [-0.4, -0.2) is 19.9 Å². The van der Waals surface area contributed by atoms with Gasteiger partial charge in [-0.15, -0.1) is 0 Å². The molecule has 0 amide bonds. The zero-order valence-corrected chi connectivity index (χ0v) is 29.0. The molecule has 0 atom stereocenters. The van der Waals surface area contributed by atoms with Crippen LogP contribution in [0.4, 0.5) is 0 Å². The van der Waals surface area contributed by atoms with E-state index < -0.39 is 5.41 Å². The van der Waals surface area contributed by atoms with Gasteiger partial charge in [-0.25, -0.2) is 15.0 Å². The average Bonchev–Trinajstić information content (AvgIpc) is 3.54. The molecule has 0 unspecified atom stereocenters. The summed E-state index contributed by atoms with van der Waals surface area (Å²) in [4.78, 5) is 20.1. The predicted octanol–water partition coefficient (Wildman–Crippen LogP) is 11.6. The van der Waals surface area contributed by atoms with Crippen molar-refractivity contribution in [2.45, 2.75) is 5.41 Å². The first-order valence-electron chi connectivity index (χ1n) is 18.1. The van der Waals surface area contributed by atoms with Crippen molar-refractivity contribution >= 4 is 10.9 Å². The molecule has 3 heterocycles. The van der Waals surface area contributed by atoms with Crippen molar-refractivity contribution in [1.29, 1.82) is 0 Å². The Bertz CT molecular complexity index is 2810. The summed E-state index contributed by atoms with van der Waals surface area (Å²) in [7, 11) is 0. The van der Waals surface area contributed by atoms with Gasteiger partial charge in [0.05, 0.1) is 16.5 Å². The van der Waals surface area contributed by atoms with Crippen LogP contribution < -0.4 is 4.74 Å². The Hall–Kier alpha value is -7.24. The summed E-state index contributed by atoms with van der Waals surface area (Å²) < 4.78 is 7.38. The zero-order valence-electron chi connectivity index (χ0n) is 29.0. The van der Waals surface area contributed by atoms with Crippen molar-refractivity contribution in [3.8, 4) is 67.9 Å². The lowest BCUT2D eigenvalue weighted by atomic mass is 9.65. The van der Waals surface area contributed by atoms with E-state index >= 15 is 0 Å². The van der Waals surface area contributed by atoms with Crippen molar-refractivity contribution in [3.63, 3.8) is 0 Å². The molecule has 2 aromatic heterocycles. The number of ether oxygens (including phenoxy) is 1. The lowest BCUT2D eigenvalue weighted by molar-refractivity contribution is 0.439. The molecule has 1 aliphatic heterocycles. The van der Waals surface area contributed by atoms with Crippen LogP contribution >= 0.6 is 0 Å². The lowest BCUT2D eigenvalue weighted by Crippen LogP contribution is -2.32. The molecule has 9 aromatic rings. The van der Waals surface area contributed by atoms with Crippen molar-refractivity contribution < 1.29 is 4.74 Å². The normalized spacial score (nSPS) is 13.1. The monoisotopic (exact) mass is 690 g/mol. The number of fused-ring (bicyclic) bond motifs is 10. The van der Waals surface area contributed by atoms with Crippen LogP contribution in [0.2, 0.25) is 0 Å². The maximum absolute atomic E-state index is 7.38. The van der Waals surface area contributed by atoms with Gasteiger partial charge < -0.3 is 4.74 Å². The smallest absolute Gasteiger partial charge is 0.167 e. The van der Waals surface area contributed by atoms with Gasteiger partial charge in [-0.2, -0.15) is 0 Å². The maximum atomic E-state index is 7.38. The lowest BCUT2D eigenvalue weighted by Gasteiger charge is -2.40. The molecular weight excluding hydrogens is 661 g/mol. The molecule has 0 bridgehead atoms. The number of nitrogens with zero attached hydrogens (tertiary/aromatic N) is 4. The van der Waals surface area contributed by atoms with Crippen LogP contribution in [0.1, 0.15) is 22.3 Å². The summed E-state index contributed by atoms with van der Waals surface area (Å²) in [5.74, 6) is 3.28. The van der Waals surface area contributed by atoms with Crippen LogP contribution in [0.3, 0.4) is 0 Å². The quantitative estimate of drug-likeness (QED) is 0.184. The van der Waals surface area contributed by atoms with Gasteiger partial charge in [0.25, 0.3) is 0 Å². The second-order valence-electron chi connectivity index (χ2n) is 13.7. The topological polar surface area (TPSA) is 60.8 Å². The van der Waals surface area contributed by atoms with Crippen molar-refractivity contribution in [1.82, 2.24) is 19.9 Å². The molecule has 2 aliphatic rings. The first-order chi connectivity index (χ1) is 26.8. The van der Waals surface area contributed by atoms with E-state index in [9.17, 15) is 0 Å². The van der Waals surface area contributed by atoms with Gasteiger partial charge in [-0.05, 0) is 46.0 Å². The van der Waals surface area contributed by atoms with Crippen LogP contribution in [0.25, 0.3) is 67.3 Å². The summed E-state index contributed by atoms with van der Waals surface area (Å²) in [6.45, 7) is 0. The van der Waals surface area contributed by atoms with Gasteiger partial charge in [0.15, 0.2) is 17.5 Å². The fraction of sp³-hybridized carbons (Fsp3) is 0.0204. The fourth-order valence-corrected chi connectivity index (χ4v) is 8.60. The highest BCUT2D eigenvalue weighted by Gasteiger charge is 2.52. The van der Waals surface area contributed by atoms with Crippen molar-refractivity contribution in [2.24, 2.45) is 0 Å². The number of hydrogen-bond donors (Lipinski definition) is 0. The standard InChI is InChI=1S/C49H30N4O/c1-3-15-31(16-4-1)46-51-47(32-17-5-2-6-18-32)53-48(52-46)38-23-12-28-42-45(38)54-44-37(33-21-13-29-43-36(33)24-14-30-50-43)22-11-27-41(44)49(42)39-25-9-7-19-34(39)35-20-8-10-26-40(35)49/h1-30H. The molecule has 5 nitrogen and oxygen atoms in total. The van der Waals surface area contributed by atoms with Crippen LogP contribution in [0.15, 0.2) is 182 Å². The molecule has 0 saturated carbocycles. The van der Waals surface area contributed by atoms with E-state index in [2.05, 4.69) is 109 Å². The minimum atomic E-state index is -0.678. The van der Waals surface area contributed by atoms with Crippen molar-refractivity contribution in [3.05, 3.63) is 204 Å². The minimum Gasteiger partial charge on any atom is -0.455 e. The van der Waals surface area contributed by atoms with E-state index in [4.69, 9.17) is 24.7 Å². The summed E-state index contributed by atoms with van der Waals surface area (Å²) in [6.07, 6.45) is 1.84. The molecule has 7 aromatic carbocycles. The number of hydrogen-bond acceptors (Lipinski definition) is 5. The fourth-order valence-electron chi connectivity index (χ4n) is 8.60. The van der Waals surface area contributed by atoms with Crippen LogP contribution in [0.5, 0.6) is 11.5 Å².